The second kappa shape index (κ2) is 5.06. The quantitative estimate of drug-likeness (QED) is 0.905. The molecule has 1 N–H and O–H groups in total. The zero-order valence-electron chi connectivity index (χ0n) is 9.15. The molecule has 88 valence electrons. The van der Waals surface area contributed by atoms with Crippen molar-refractivity contribution in [3.05, 3.63) is 22.7 Å². The number of ether oxygens (including phenoxy) is 2. The molecule has 0 spiro atoms. The molecule has 0 saturated carbocycles. The van der Waals surface area contributed by atoms with Crippen molar-refractivity contribution in [1.29, 1.82) is 0 Å². The van der Waals surface area contributed by atoms with Crippen molar-refractivity contribution in [3.63, 3.8) is 0 Å². The van der Waals surface area contributed by atoms with Crippen molar-refractivity contribution in [2.45, 2.75) is 38.6 Å². The first-order valence-corrected chi connectivity index (χ1v) is 6.25. The molecule has 0 unspecified atom stereocenters. The first-order chi connectivity index (χ1) is 7.65. The van der Waals surface area contributed by atoms with Crippen LogP contribution in [0.4, 0.5) is 0 Å². The number of aromatic hydroxyl groups is 1. The number of hydrogen-bond donors (Lipinski definition) is 1. The number of phenolic OH excluding ortho intramolecular Hbond substituents is 1. The summed E-state index contributed by atoms with van der Waals surface area (Å²) in [5.41, 5.74) is 0. The van der Waals surface area contributed by atoms with Crippen molar-refractivity contribution < 1.29 is 14.6 Å². The van der Waals surface area contributed by atoms with Crippen LogP contribution in [0.5, 0.6) is 11.5 Å². The van der Waals surface area contributed by atoms with Crippen LogP contribution in [-0.4, -0.2) is 17.5 Å². The van der Waals surface area contributed by atoms with E-state index in [9.17, 15) is 5.11 Å². The molecule has 0 bridgehead atoms. The Kier molecular flexibility index (Phi) is 3.71. The van der Waals surface area contributed by atoms with E-state index in [-0.39, 0.29) is 18.1 Å². The Morgan fingerprint density at radius 2 is 2.25 bits per heavy atom. The van der Waals surface area contributed by atoms with E-state index in [0.29, 0.717) is 10.2 Å². The van der Waals surface area contributed by atoms with Crippen molar-refractivity contribution >= 4 is 15.9 Å². The van der Waals surface area contributed by atoms with Gasteiger partial charge in [0, 0.05) is 6.42 Å². The normalized spacial score (nSPS) is 25.4. The fourth-order valence-electron chi connectivity index (χ4n) is 1.77. The summed E-state index contributed by atoms with van der Waals surface area (Å²) >= 11 is 3.25. The minimum atomic E-state index is -0.166. The number of rotatable bonds is 2. The largest absolute Gasteiger partial charge is 0.507 e. The van der Waals surface area contributed by atoms with Crippen LogP contribution in [0.3, 0.4) is 0 Å². The lowest BCUT2D eigenvalue weighted by Gasteiger charge is -2.28. The van der Waals surface area contributed by atoms with Crippen LogP contribution in [-0.2, 0) is 4.74 Å². The summed E-state index contributed by atoms with van der Waals surface area (Å²) in [7, 11) is 0. The minimum Gasteiger partial charge on any atom is -0.507 e. The second-order valence-electron chi connectivity index (χ2n) is 4.04. The summed E-state index contributed by atoms with van der Waals surface area (Å²) in [5, 5.41) is 9.36. The third-order valence-corrected chi connectivity index (χ3v) is 3.26. The Morgan fingerprint density at radius 3 is 2.94 bits per heavy atom. The van der Waals surface area contributed by atoms with Crippen molar-refractivity contribution in [2.75, 3.05) is 0 Å². The standard InChI is InChI=1S/C12H15BrO3/c1-8-3-2-4-12(15-8)16-9-5-6-11(14)10(13)7-9/h5-8,12,14H,2-4H2,1H3/t8-,12-/m1/s1. The minimum absolute atomic E-state index is 0.166. The smallest absolute Gasteiger partial charge is 0.200 e. The highest BCUT2D eigenvalue weighted by atomic mass is 79.9. The molecule has 0 radical (unpaired) electrons. The highest BCUT2D eigenvalue weighted by Crippen LogP contribution is 2.29. The fraction of sp³-hybridized carbons (Fsp3) is 0.500. The predicted molar refractivity (Wildman–Crippen MR) is 64.6 cm³/mol. The third kappa shape index (κ3) is 2.89. The molecule has 1 aromatic carbocycles. The Morgan fingerprint density at radius 1 is 1.44 bits per heavy atom. The van der Waals surface area contributed by atoms with Crippen LogP contribution >= 0.6 is 15.9 Å². The van der Waals surface area contributed by atoms with Gasteiger partial charge in [0.1, 0.15) is 11.5 Å². The van der Waals surface area contributed by atoms with E-state index in [4.69, 9.17) is 9.47 Å². The van der Waals surface area contributed by atoms with Gasteiger partial charge in [-0.25, -0.2) is 0 Å². The maximum absolute atomic E-state index is 9.36. The molecule has 1 aliphatic rings. The van der Waals surface area contributed by atoms with Gasteiger partial charge < -0.3 is 14.6 Å². The SMILES string of the molecule is C[C@@H]1CCC[C@@H](Oc2ccc(O)c(Br)c2)O1. The van der Waals surface area contributed by atoms with Crippen molar-refractivity contribution in [2.24, 2.45) is 0 Å². The molecule has 2 rings (SSSR count). The van der Waals surface area contributed by atoms with E-state index in [1.807, 2.05) is 0 Å². The van der Waals surface area contributed by atoms with Gasteiger partial charge in [0.25, 0.3) is 0 Å². The van der Waals surface area contributed by atoms with Crippen LogP contribution in [0.2, 0.25) is 0 Å². The first-order valence-electron chi connectivity index (χ1n) is 5.46. The van der Waals surface area contributed by atoms with Crippen LogP contribution < -0.4 is 4.74 Å². The summed E-state index contributed by atoms with van der Waals surface area (Å²) in [6.45, 7) is 2.06. The van der Waals surface area contributed by atoms with E-state index in [1.165, 1.54) is 0 Å². The maximum Gasteiger partial charge on any atom is 0.200 e. The van der Waals surface area contributed by atoms with E-state index >= 15 is 0 Å². The molecule has 1 fully saturated rings. The summed E-state index contributed by atoms with van der Waals surface area (Å²) in [4.78, 5) is 0. The lowest BCUT2D eigenvalue weighted by molar-refractivity contribution is -0.141. The highest BCUT2D eigenvalue weighted by molar-refractivity contribution is 9.10. The molecule has 0 amide bonds. The molecule has 1 saturated heterocycles. The lowest BCUT2D eigenvalue weighted by Crippen LogP contribution is -2.29. The number of benzene rings is 1. The van der Waals surface area contributed by atoms with Crippen LogP contribution in [0.15, 0.2) is 22.7 Å². The predicted octanol–water partition coefficient (Wildman–Crippen LogP) is 3.45. The Labute approximate surface area is 104 Å². The van der Waals surface area contributed by atoms with Gasteiger partial charge >= 0.3 is 0 Å². The van der Waals surface area contributed by atoms with Gasteiger partial charge in [-0.2, -0.15) is 0 Å². The number of hydrogen-bond acceptors (Lipinski definition) is 3. The average Bonchev–Trinajstić information content (AvgIpc) is 2.24. The van der Waals surface area contributed by atoms with Gasteiger partial charge in [0.05, 0.1) is 10.6 Å². The van der Waals surface area contributed by atoms with Crippen LogP contribution in [0.25, 0.3) is 0 Å². The molecule has 1 aliphatic heterocycles. The van der Waals surface area contributed by atoms with Crippen LogP contribution in [0.1, 0.15) is 26.2 Å². The molecular weight excluding hydrogens is 272 g/mol. The molecule has 2 atom stereocenters. The van der Waals surface area contributed by atoms with Gasteiger partial charge in [-0.1, -0.05) is 0 Å². The van der Waals surface area contributed by atoms with Crippen molar-refractivity contribution in [3.8, 4) is 11.5 Å². The van der Waals surface area contributed by atoms with E-state index in [0.717, 1.165) is 19.3 Å². The molecule has 16 heavy (non-hydrogen) atoms. The second-order valence-corrected chi connectivity index (χ2v) is 4.89. The van der Waals surface area contributed by atoms with Gasteiger partial charge in [0.15, 0.2) is 6.29 Å². The van der Waals surface area contributed by atoms with Gasteiger partial charge in [-0.3, -0.25) is 0 Å². The zero-order chi connectivity index (χ0) is 11.5. The van der Waals surface area contributed by atoms with E-state index < -0.39 is 0 Å². The molecule has 4 heteroatoms. The van der Waals surface area contributed by atoms with E-state index in [2.05, 4.69) is 22.9 Å². The summed E-state index contributed by atoms with van der Waals surface area (Å²) in [6.07, 6.45) is 3.24. The maximum atomic E-state index is 9.36. The lowest BCUT2D eigenvalue weighted by atomic mass is 10.1. The molecular formula is C12H15BrO3. The van der Waals surface area contributed by atoms with Crippen molar-refractivity contribution in [1.82, 2.24) is 0 Å². The Balaban J connectivity index is 2.00. The number of halogens is 1. The molecule has 1 aromatic rings. The highest BCUT2D eigenvalue weighted by Gasteiger charge is 2.20. The van der Waals surface area contributed by atoms with Gasteiger partial charge in [-0.05, 0) is 53.9 Å². The Bertz CT molecular complexity index is 367. The zero-order valence-corrected chi connectivity index (χ0v) is 10.7. The first kappa shape index (κ1) is 11.7. The Hall–Kier alpha value is -0.740. The summed E-state index contributed by atoms with van der Waals surface area (Å²) in [5.74, 6) is 0.925. The van der Waals surface area contributed by atoms with Gasteiger partial charge in [0.2, 0.25) is 0 Å². The molecule has 1 heterocycles. The molecule has 3 nitrogen and oxygen atoms in total. The third-order valence-electron chi connectivity index (χ3n) is 2.62. The fourth-order valence-corrected chi connectivity index (χ4v) is 2.12. The molecule has 0 aliphatic carbocycles. The van der Waals surface area contributed by atoms with E-state index in [1.54, 1.807) is 18.2 Å². The monoisotopic (exact) mass is 286 g/mol. The average molecular weight is 287 g/mol. The number of phenols is 1. The van der Waals surface area contributed by atoms with Crippen LogP contribution in [0, 0.1) is 0 Å². The van der Waals surface area contributed by atoms with Gasteiger partial charge in [-0.15, -0.1) is 0 Å². The summed E-state index contributed by atoms with van der Waals surface area (Å²) in [6, 6.07) is 5.09. The molecule has 0 aromatic heterocycles. The topological polar surface area (TPSA) is 38.7 Å². The summed E-state index contributed by atoms with van der Waals surface area (Å²) < 4.78 is 12.0.